The molecule has 0 saturated carbocycles. The van der Waals surface area contributed by atoms with Crippen LogP contribution in [0.4, 0.5) is 0 Å². The maximum Gasteiger partial charge on any atom is 0.194 e. The topological polar surface area (TPSA) is 46.2 Å². The van der Waals surface area contributed by atoms with E-state index in [9.17, 15) is 8.42 Å². The Bertz CT molecular complexity index is 464. The summed E-state index contributed by atoms with van der Waals surface area (Å²) in [5, 5.41) is 3.42. The van der Waals surface area contributed by atoms with Crippen molar-refractivity contribution < 1.29 is 8.42 Å². The van der Waals surface area contributed by atoms with E-state index in [1.807, 2.05) is 12.1 Å². The van der Waals surface area contributed by atoms with Crippen LogP contribution in [0.5, 0.6) is 0 Å². The monoisotopic (exact) mass is 317 g/mol. The number of hydrogen-bond acceptors (Lipinski definition) is 3. The van der Waals surface area contributed by atoms with Crippen LogP contribution in [-0.2, 0) is 15.2 Å². The lowest BCUT2D eigenvalue weighted by molar-refractivity contribution is 0.461. The second-order valence-electron chi connectivity index (χ2n) is 4.26. The molecule has 94 valence electrons. The van der Waals surface area contributed by atoms with Crippen molar-refractivity contribution in [2.75, 3.05) is 6.54 Å². The zero-order valence-corrected chi connectivity index (χ0v) is 11.9. The molecule has 1 aliphatic rings. The van der Waals surface area contributed by atoms with Crippen LogP contribution in [0, 0.1) is 0 Å². The second kappa shape index (κ2) is 5.50. The molecular formula is C12H16BrNO2S. The SMILES string of the molecule is O=S(=O)(c1ccc(CBr)cc1)C1CCCCN1. The molecule has 17 heavy (non-hydrogen) atoms. The van der Waals surface area contributed by atoms with Crippen molar-refractivity contribution >= 4 is 25.8 Å². The molecule has 1 aromatic carbocycles. The van der Waals surface area contributed by atoms with E-state index in [1.165, 1.54) is 0 Å². The highest BCUT2D eigenvalue weighted by atomic mass is 79.9. The summed E-state index contributed by atoms with van der Waals surface area (Å²) < 4.78 is 24.6. The molecule has 0 radical (unpaired) electrons. The van der Waals surface area contributed by atoms with E-state index < -0.39 is 15.2 Å². The highest BCUT2D eigenvalue weighted by molar-refractivity contribution is 9.08. The average Bonchev–Trinajstić information content (AvgIpc) is 2.40. The van der Waals surface area contributed by atoms with Gasteiger partial charge in [0.15, 0.2) is 9.84 Å². The standard InChI is InChI=1S/C12H16BrNO2S/c13-9-10-4-6-11(7-5-10)17(15,16)12-3-1-2-8-14-12/h4-7,12,14H,1-3,8-9H2. The van der Waals surface area contributed by atoms with Gasteiger partial charge < -0.3 is 5.32 Å². The van der Waals surface area contributed by atoms with E-state index in [1.54, 1.807) is 12.1 Å². The smallest absolute Gasteiger partial charge is 0.194 e. The lowest BCUT2D eigenvalue weighted by Crippen LogP contribution is -2.40. The minimum absolute atomic E-state index is 0.411. The highest BCUT2D eigenvalue weighted by Gasteiger charge is 2.28. The van der Waals surface area contributed by atoms with Gasteiger partial charge in [-0.2, -0.15) is 0 Å². The number of piperidine rings is 1. The van der Waals surface area contributed by atoms with Gasteiger partial charge in [-0.05, 0) is 43.5 Å². The highest BCUT2D eigenvalue weighted by Crippen LogP contribution is 2.21. The quantitative estimate of drug-likeness (QED) is 0.871. The van der Waals surface area contributed by atoms with Crippen molar-refractivity contribution in [2.24, 2.45) is 0 Å². The minimum Gasteiger partial charge on any atom is -0.301 e. The van der Waals surface area contributed by atoms with Gasteiger partial charge in [0.2, 0.25) is 0 Å². The van der Waals surface area contributed by atoms with Gasteiger partial charge in [0.25, 0.3) is 0 Å². The fourth-order valence-electron chi connectivity index (χ4n) is 2.02. The van der Waals surface area contributed by atoms with Crippen molar-refractivity contribution in [3.05, 3.63) is 29.8 Å². The molecule has 1 aromatic rings. The third-order valence-corrected chi connectivity index (χ3v) is 5.77. The number of sulfone groups is 1. The number of halogens is 1. The van der Waals surface area contributed by atoms with Crippen LogP contribution in [0.3, 0.4) is 0 Å². The van der Waals surface area contributed by atoms with Crippen molar-refractivity contribution in [1.29, 1.82) is 0 Å². The predicted octanol–water partition coefficient (Wildman–Crippen LogP) is 2.45. The first-order chi connectivity index (χ1) is 8.14. The molecule has 1 saturated heterocycles. The normalized spacial score (nSPS) is 21.4. The number of nitrogens with one attached hydrogen (secondary N) is 1. The van der Waals surface area contributed by atoms with Gasteiger partial charge in [0.05, 0.1) is 4.90 Å². The summed E-state index contributed by atoms with van der Waals surface area (Å²) in [6.45, 7) is 0.795. The number of hydrogen-bond donors (Lipinski definition) is 1. The second-order valence-corrected chi connectivity index (χ2v) is 6.95. The van der Waals surface area contributed by atoms with Crippen LogP contribution in [-0.4, -0.2) is 20.3 Å². The van der Waals surface area contributed by atoms with E-state index in [-0.39, 0.29) is 0 Å². The molecule has 1 fully saturated rings. The van der Waals surface area contributed by atoms with E-state index in [0.717, 1.165) is 30.3 Å². The Balaban J connectivity index is 2.23. The lowest BCUT2D eigenvalue weighted by Gasteiger charge is -2.23. The van der Waals surface area contributed by atoms with E-state index >= 15 is 0 Å². The maximum absolute atomic E-state index is 12.3. The molecule has 0 aromatic heterocycles. The zero-order valence-electron chi connectivity index (χ0n) is 9.52. The number of benzene rings is 1. The summed E-state index contributed by atoms with van der Waals surface area (Å²) in [7, 11) is -3.21. The first kappa shape index (κ1) is 13.1. The zero-order chi connectivity index (χ0) is 12.3. The molecule has 1 aliphatic heterocycles. The molecule has 1 unspecified atom stereocenters. The van der Waals surface area contributed by atoms with E-state index in [0.29, 0.717) is 11.3 Å². The molecule has 1 heterocycles. The van der Waals surface area contributed by atoms with Gasteiger partial charge in [-0.1, -0.05) is 28.1 Å². The van der Waals surface area contributed by atoms with Crippen LogP contribution < -0.4 is 5.32 Å². The molecule has 0 bridgehead atoms. The Kier molecular flexibility index (Phi) is 4.22. The lowest BCUT2D eigenvalue weighted by atomic mass is 10.2. The number of rotatable bonds is 3. The molecule has 1 N–H and O–H groups in total. The summed E-state index contributed by atoms with van der Waals surface area (Å²) in [6, 6.07) is 7.10. The van der Waals surface area contributed by atoms with Crippen LogP contribution in [0.15, 0.2) is 29.2 Å². The molecule has 0 amide bonds. The van der Waals surface area contributed by atoms with Crippen molar-refractivity contribution in [3.8, 4) is 0 Å². The van der Waals surface area contributed by atoms with Gasteiger partial charge in [-0.25, -0.2) is 8.42 Å². The summed E-state index contributed by atoms with van der Waals surface area (Å²) >= 11 is 3.35. The first-order valence-electron chi connectivity index (χ1n) is 5.77. The maximum atomic E-state index is 12.3. The fraction of sp³-hybridized carbons (Fsp3) is 0.500. The molecular weight excluding hydrogens is 302 g/mol. The van der Waals surface area contributed by atoms with Gasteiger partial charge in [0.1, 0.15) is 5.37 Å². The van der Waals surface area contributed by atoms with E-state index in [4.69, 9.17) is 0 Å². The van der Waals surface area contributed by atoms with Crippen molar-refractivity contribution in [1.82, 2.24) is 5.32 Å². The van der Waals surface area contributed by atoms with E-state index in [2.05, 4.69) is 21.2 Å². The molecule has 0 aliphatic carbocycles. The minimum atomic E-state index is -3.21. The Hall–Kier alpha value is -0.390. The third kappa shape index (κ3) is 2.89. The van der Waals surface area contributed by atoms with Crippen LogP contribution in [0.2, 0.25) is 0 Å². The summed E-state index contributed by atoms with van der Waals surface area (Å²) in [4.78, 5) is 0.418. The largest absolute Gasteiger partial charge is 0.301 e. The van der Waals surface area contributed by atoms with Crippen molar-refractivity contribution in [3.63, 3.8) is 0 Å². The molecule has 0 spiro atoms. The van der Waals surface area contributed by atoms with Crippen LogP contribution in [0.1, 0.15) is 24.8 Å². The molecule has 3 nitrogen and oxygen atoms in total. The summed E-state index contributed by atoms with van der Waals surface area (Å²) in [5.41, 5.74) is 1.08. The van der Waals surface area contributed by atoms with Crippen LogP contribution >= 0.6 is 15.9 Å². The molecule has 5 heteroatoms. The number of alkyl halides is 1. The Morgan fingerprint density at radius 3 is 2.47 bits per heavy atom. The molecule has 1 atom stereocenters. The Morgan fingerprint density at radius 1 is 1.24 bits per heavy atom. The van der Waals surface area contributed by atoms with Gasteiger partial charge in [0, 0.05) is 5.33 Å². The Morgan fingerprint density at radius 2 is 1.94 bits per heavy atom. The van der Waals surface area contributed by atoms with Crippen molar-refractivity contribution in [2.45, 2.75) is 34.9 Å². The third-order valence-electron chi connectivity index (χ3n) is 3.05. The van der Waals surface area contributed by atoms with Gasteiger partial charge >= 0.3 is 0 Å². The Labute approximate surface area is 111 Å². The predicted molar refractivity (Wildman–Crippen MR) is 71.9 cm³/mol. The fourth-order valence-corrected chi connectivity index (χ4v) is 4.05. The van der Waals surface area contributed by atoms with Gasteiger partial charge in [-0.3, -0.25) is 0 Å². The average molecular weight is 318 g/mol. The summed E-state index contributed by atoms with van der Waals surface area (Å²) in [5.74, 6) is 0. The van der Waals surface area contributed by atoms with Crippen LogP contribution in [0.25, 0.3) is 0 Å². The first-order valence-corrected chi connectivity index (χ1v) is 8.43. The molecule has 2 rings (SSSR count). The van der Waals surface area contributed by atoms with Gasteiger partial charge in [-0.15, -0.1) is 0 Å². The summed E-state index contributed by atoms with van der Waals surface area (Å²) in [6.07, 6.45) is 2.76.